The quantitative estimate of drug-likeness (QED) is 0.843. The van der Waals surface area contributed by atoms with Crippen LogP contribution < -0.4 is 14.8 Å². The highest BCUT2D eigenvalue weighted by molar-refractivity contribution is 7.89. The molecule has 2 N–H and O–H groups in total. The van der Waals surface area contributed by atoms with E-state index in [1.165, 1.54) is 5.56 Å². The van der Waals surface area contributed by atoms with Gasteiger partial charge in [0.1, 0.15) is 5.75 Å². The summed E-state index contributed by atoms with van der Waals surface area (Å²) >= 11 is 0. The smallest absolute Gasteiger partial charge is 0.265 e. The largest absolute Gasteiger partial charge is 0.478 e. The topological polar surface area (TPSA) is 84.5 Å². The van der Waals surface area contributed by atoms with Crippen LogP contribution in [0.1, 0.15) is 24.0 Å². The van der Waals surface area contributed by atoms with Gasteiger partial charge in [0.15, 0.2) is 6.10 Å². The van der Waals surface area contributed by atoms with E-state index in [1.807, 2.05) is 18.2 Å². The molecule has 0 radical (unpaired) electrons. The van der Waals surface area contributed by atoms with Gasteiger partial charge in [-0.1, -0.05) is 18.2 Å². The molecule has 0 aromatic heterocycles. The molecular weight excluding hydrogens is 352 g/mol. The molecule has 4 rings (SSSR count). The maximum absolute atomic E-state index is 12.5. The first-order valence-corrected chi connectivity index (χ1v) is 10.2. The van der Waals surface area contributed by atoms with Crippen molar-refractivity contribution in [3.63, 3.8) is 0 Å². The monoisotopic (exact) mass is 372 g/mol. The normalized spacial score (nSPS) is 18.6. The summed E-state index contributed by atoms with van der Waals surface area (Å²) in [5, 5.41) is 2.78. The number of carbonyl (C=O) groups excluding carboxylic acids is 1. The summed E-state index contributed by atoms with van der Waals surface area (Å²) in [5.74, 6) is 0.332. The van der Waals surface area contributed by atoms with E-state index in [0.29, 0.717) is 11.4 Å². The predicted molar refractivity (Wildman–Crippen MR) is 97.8 cm³/mol. The van der Waals surface area contributed by atoms with Crippen LogP contribution in [0.5, 0.6) is 5.75 Å². The van der Waals surface area contributed by atoms with E-state index in [4.69, 9.17) is 4.74 Å². The molecule has 2 aliphatic rings. The Morgan fingerprint density at radius 3 is 2.81 bits per heavy atom. The van der Waals surface area contributed by atoms with Gasteiger partial charge < -0.3 is 10.1 Å². The van der Waals surface area contributed by atoms with Crippen molar-refractivity contribution in [2.45, 2.75) is 36.7 Å². The first-order chi connectivity index (χ1) is 12.5. The lowest BCUT2D eigenvalue weighted by molar-refractivity contribution is -0.123. The average molecular weight is 372 g/mol. The number of benzene rings is 2. The number of fused-ring (bicyclic) bond motifs is 2. The number of hydrogen-bond acceptors (Lipinski definition) is 4. The maximum Gasteiger partial charge on any atom is 0.265 e. The van der Waals surface area contributed by atoms with Crippen molar-refractivity contribution in [2.24, 2.45) is 0 Å². The molecule has 0 saturated carbocycles. The van der Waals surface area contributed by atoms with Crippen molar-refractivity contribution in [3.8, 4) is 5.75 Å². The van der Waals surface area contributed by atoms with Crippen molar-refractivity contribution in [1.29, 1.82) is 0 Å². The van der Waals surface area contributed by atoms with Crippen LogP contribution in [0.4, 0.5) is 5.69 Å². The molecule has 0 spiro atoms. The van der Waals surface area contributed by atoms with Gasteiger partial charge in [-0.25, -0.2) is 13.1 Å². The van der Waals surface area contributed by atoms with Gasteiger partial charge in [0, 0.05) is 13.0 Å². The molecule has 1 heterocycles. The van der Waals surface area contributed by atoms with Crippen LogP contribution in [0.3, 0.4) is 0 Å². The number of rotatable bonds is 5. The minimum Gasteiger partial charge on any atom is -0.478 e. The molecule has 136 valence electrons. The predicted octanol–water partition coefficient (Wildman–Crippen LogP) is 2.24. The number of amides is 1. The van der Waals surface area contributed by atoms with E-state index in [0.717, 1.165) is 24.8 Å². The summed E-state index contributed by atoms with van der Waals surface area (Å²) in [6.45, 7) is 0.125. The van der Waals surface area contributed by atoms with Crippen molar-refractivity contribution in [3.05, 3.63) is 53.6 Å². The number of anilines is 1. The molecule has 1 atom stereocenters. The zero-order valence-corrected chi connectivity index (χ0v) is 15.0. The van der Waals surface area contributed by atoms with Gasteiger partial charge in [-0.15, -0.1) is 0 Å². The first kappa shape index (κ1) is 17.1. The minimum atomic E-state index is -3.60. The fourth-order valence-corrected chi connectivity index (χ4v) is 4.50. The average Bonchev–Trinajstić information content (AvgIpc) is 3.10. The molecule has 1 aliphatic heterocycles. The van der Waals surface area contributed by atoms with Crippen LogP contribution in [-0.4, -0.2) is 27.0 Å². The second kappa shape index (κ2) is 6.74. The van der Waals surface area contributed by atoms with Crippen LogP contribution in [0, 0.1) is 0 Å². The molecular formula is C19H20N2O4S. The standard InChI is InChI=1S/C19H20N2O4S/c22-19-18(25-17-7-2-1-6-16(17)21-19)10-11-20-26(23,24)15-9-8-13-4-3-5-14(13)12-15/h1-2,6-9,12,18,20H,3-5,10-11H2,(H,21,22). The van der Waals surface area contributed by atoms with Gasteiger partial charge in [-0.2, -0.15) is 0 Å². The summed E-state index contributed by atoms with van der Waals surface area (Å²) in [6, 6.07) is 12.5. The third-order valence-corrected chi connectivity index (χ3v) is 6.24. The lowest BCUT2D eigenvalue weighted by Gasteiger charge is -2.25. The Bertz CT molecular complexity index is 956. The molecule has 1 aliphatic carbocycles. The van der Waals surface area contributed by atoms with Crippen molar-refractivity contribution >= 4 is 21.6 Å². The summed E-state index contributed by atoms with van der Waals surface area (Å²) in [6.07, 6.45) is 2.55. The number of nitrogens with one attached hydrogen (secondary N) is 2. The fourth-order valence-electron chi connectivity index (χ4n) is 3.41. The Kier molecular flexibility index (Phi) is 4.42. The molecule has 2 aromatic carbocycles. The maximum atomic E-state index is 12.5. The van der Waals surface area contributed by atoms with Crippen molar-refractivity contribution in [1.82, 2.24) is 4.72 Å². The van der Waals surface area contributed by atoms with E-state index >= 15 is 0 Å². The molecule has 26 heavy (non-hydrogen) atoms. The van der Waals surface area contributed by atoms with Gasteiger partial charge in [0.05, 0.1) is 10.6 Å². The first-order valence-electron chi connectivity index (χ1n) is 8.71. The molecule has 0 bridgehead atoms. The molecule has 1 amide bonds. The Hall–Kier alpha value is -2.38. The van der Waals surface area contributed by atoms with Crippen LogP contribution in [0.2, 0.25) is 0 Å². The van der Waals surface area contributed by atoms with Gasteiger partial charge in [-0.3, -0.25) is 4.79 Å². The van der Waals surface area contributed by atoms with Gasteiger partial charge in [-0.05, 0) is 54.7 Å². The molecule has 6 nitrogen and oxygen atoms in total. The third-order valence-electron chi connectivity index (χ3n) is 4.79. The zero-order valence-electron chi connectivity index (χ0n) is 14.2. The third kappa shape index (κ3) is 3.32. The van der Waals surface area contributed by atoms with Crippen LogP contribution in [-0.2, 0) is 27.7 Å². The molecule has 2 aromatic rings. The fraction of sp³-hybridized carbons (Fsp3) is 0.316. The highest BCUT2D eigenvalue weighted by Gasteiger charge is 2.27. The molecule has 0 saturated heterocycles. The van der Waals surface area contributed by atoms with E-state index in [1.54, 1.807) is 24.3 Å². The van der Waals surface area contributed by atoms with Gasteiger partial charge in [0.25, 0.3) is 5.91 Å². The number of carbonyl (C=O) groups is 1. The van der Waals surface area contributed by atoms with E-state index in [9.17, 15) is 13.2 Å². The molecule has 7 heteroatoms. The minimum absolute atomic E-state index is 0.125. The highest BCUT2D eigenvalue weighted by Crippen LogP contribution is 2.29. The number of aryl methyl sites for hydroxylation is 2. The van der Waals surface area contributed by atoms with Crippen LogP contribution in [0.25, 0.3) is 0 Å². The second-order valence-electron chi connectivity index (χ2n) is 6.56. The Labute approximate surface area is 152 Å². The van der Waals surface area contributed by atoms with E-state index in [-0.39, 0.29) is 23.8 Å². The zero-order chi connectivity index (χ0) is 18.1. The van der Waals surface area contributed by atoms with Crippen LogP contribution in [0.15, 0.2) is 47.4 Å². The van der Waals surface area contributed by atoms with E-state index < -0.39 is 16.1 Å². The summed E-state index contributed by atoms with van der Waals surface area (Å²) in [4.78, 5) is 12.4. The van der Waals surface area contributed by atoms with Crippen LogP contribution >= 0.6 is 0 Å². The lowest BCUT2D eigenvalue weighted by atomic mass is 10.1. The molecule has 0 fully saturated rings. The summed E-state index contributed by atoms with van der Waals surface area (Å²) in [5.41, 5.74) is 2.97. The number of sulfonamides is 1. The Morgan fingerprint density at radius 1 is 1.12 bits per heavy atom. The second-order valence-corrected chi connectivity index (χ2v) is 8.33. The number of hydrogen-bond donors (Lipinski definition) is 2. The number of para-hydroxylation sites is 2. The Morgan fingerprint density at radius 2 is 1.92 bits per heavy atom. The highest BCUT2D eigenvalue weighted by atomic mass is 32.2. The molecule has 1 unspecified atom stereocenters. The van der Waals surface area contributed by atoms with Gasteiger partial charge >= 0.3 is 0 Å². The Balaban J connectivity index is 1.39. The van der Waals surface area contributed by atoms with Crippen molar-refractivity contribution in [2.75, 3.05) is 11.9 Å². The summed E-state index contributed by atoms with van der Waals surface area (Å²) < 4.78 is 33.3. The summed E-state index contributed by atoms with van der Waals surface area (Å²) in [7, 11) is -3.60. The lowest BCUT2D eigenvalue weighted by Crippen LogP contribution is -2.39. The van der Waals surface area contributed by atoms with Gasteiger partial charge in [0.2, 0.25) is 10.0 Å². The SMILES string of the molecule is O=C1Nc2ccccc2OC1CCNS(=O)(=O)c1ccc2c(c1)CCC2. The van der Waals surface area contributed by atoms with E-state index in [2.05, 4.69) is 10.0 Å². The van der Waals surface area contributed by atoms with Crippen molar-refractivity contribution < 1.29 is 17.9 Å². The number of ether oxygens (including phenoxy) is 1.